The van der Waals surface area contributed by atoms with Crippen molar-refractivity contribution in [2.24, 2.45) is 0 Å². The molecule has 0 amide bonds. The Hall–Kier alpha value is -2.96. The fraction of sp³-hybridized carbons (Fsp3) is 0.474. The van der Waals surface area contributed by atoms with Crippen LogP contribution in [0.1, 0.15) is 18.4 Å². The molecule has 9 nitrogen and oxygen atoms in total. The zero-order valence-electron chi connectivity index (χ0n) is 15.6. The first kappa shape index (κ1) is 18.4. The Kier molecular flexibility index (Phi) is 5.50. The number of piperidine rings is 1. The molecule has 2 saturated heterocycles. The summed E-state index contributed by atoms with van der Waals surface area (Å²) in [6.45, 7) is 4.41. The molecule has 4 heterocycles. The van der Waals surface area contributed by atoms with Gasteiger partial charge >= 0.3 is 0 Å². The number of pyridine rings is 1. The van der Waals surface area contributed by atoms with Gasteiger partial charge in [-0.1, -0.05) is 0 Å². The number of hydrogen-bond donors (Lipinski definition) is 3. The molecule has 4 rings (SSSR count). The van der Waals surface area contributed by atoms with Gasteiger partial charge in [0, 0.05) is 31.9 Å². The fourth-order valence-corrected chi connectivity index (χ4v) is 3.50. The van der Waals surface area contributed by atoms with Crippen LogP contribution in [0.25, 0.3) is 11.3 Å². The molecule has 28 heavy (non-hydrogen) atoms. The number of hydrogen-bond acceptors (Lipinski definition) is 8. The first-order chi connectivity index (χ1) is 13.7. The molecule has 9 heteroatoms. The quantitative estimate of drug-likeness (QED) is 0.708. The van der Waals surface area contributed by atoms with Gasteiger partial charge in [0.2, 0.25) is 5.95 Å². The summed E-state index contributed by atoms with van der Waals surface area (Å²) >= 11 is 0. The standard InChI is InChI=1S/C19H23N7O2/c20-10-13-3-4-15(22-11-13)16-17(23-14-2-1-5-21-12-14)24-19(25-18(16)27)26-6-8-28-9-7-26/h3-4,11,14,21H,1-2,5-9,12H2,(H2,23,24,25,27). The van der Waals surface area contributed by atoms with Crippen molar-refractivity contribution in [1.29, 1.82) is 5.26 Å². The molecule has 0 saturated carbocycles. The van der Waals surface area contributed by atoms with Gasteiger partial charge in [0.05, 0.1) is 24.5 Å². The van der Waals surface area contributed by atoms with Crippen molar-refractivity contribution in [2.75, 3.05) is 49.6 Å². The van der Waals surface area contributed by atoms with E-state index in [-0.39, 0.29) is 11.6 Å². The minimum atomic E-state index is -0.250. The molecule has 0 radical (unpaired) electrons. The lowest BCUT2D eigenvalue weighted by atomic mass is 10.1. The molecule has 0 spiro atoms. The van der Waals surface area contributed by atoms with Crippen molar-refractivity contribution in [1.82, 2.24) is 20.3 Å². The molecule has 2 fully saturated rings. The highest BCUT2D eigenvalue weighted by molar-refractivity contribution is 5.73. The maximum absolute atomic E-state index is 13.0. The topological polar surface area (TPSA) is 119 Å². The molecule has 0 aromatic carbocycles. The van der Waals surface area contributed by atoms with Gasteiger partial charge < -0.3 is 20.3 Å². The van der Waals surface area contributed by atoms with Crippen molar-refractivity contribution >= 4 is 11.8 Å². The highest BCUT2D eigenvalue weighted by atomic mass is 16.5. The highest BCUT2D eigenvalue weighted by Gasteiger charge is 2.22. The average molecular weight is 381 g/mol. The summed E-state index contributed by atoms with van der Waals surface area (Å²) < 4.78 is 5.40. The Morgan fingerprint density at radius 1 is 1.32 bits per heavy atom. The van der Waals surface area contributed by atoms with Crippen LogP contribution >= 0.6 is 0 Å². The van der Waals surface area contributed by atoms with Crippen LogP contribution in [0.5, 0.6) is 0 Å². The van der Waals surface area contributed by atoms with E-state index < -0.39 is 0 Å². The van der Waals surface area contributed by atoms with Gasteiger partial charge in [-0.3, -0.25) is 14.8 Å². The minimum Gasteiger partial charge on any atom is -0.378 e. The summed E-state index contributed by atoms with van der Waals surface area (Å²) in [6.07, 6.45) is 3.55. The van der Waals surface area contributed by atoms with Crippen molar-refractivity contribution in [2.45, 2.75) is 18.9 Å². The first-order valence-electron chi connectivity index (χ1n) is 9.55. The number of H-pyrrole nitrogens is 1. The van der Waals surface area contributed by atoms with E-state index in [1.54, 1.807) is 12.1 Å². The normalized spacial score (nSPS) is 19.8. The van der Waals surface area contributed by atoms with Gasteiger partial charge in [-0.25, -0.2) is 0 Å². The molecule has 1 atom stereocenters. The van der Waals surface area contributed by atoms with Crippen molar-refractivity contribution in [3.8, 4) is 17.3 Å². The van der Waals surface area contributed by atoms with Crippen LogP contribution in [0.4, 0.5) is 11.8 Å². The Bertz CT molecular complexity index is 907. The average Bonchev–Trinajstić information content (AvgIpc) is 2.75. The van der Waals surface area contributed by atoms with E-state index in [9.17, 15) is 4.79 Å². The lowest BCUT2D eigenvalue weighted by Gasteiger charge is -2.29. The predicted molar refractivity (Wildman–Crippen MR) is 105 cm³/mol. The van der Waals surface area contributed by atoms with E-state index in [2.05, 4.69) is 20.6 Å². The van der Waals surface area contributed by atoms with E-state index >= 15 is 0 Å². The van der Waals surface area contributed by atoms with Gasteiger partial charge in [-0.15, -0.1) is 0 Å². The molecule has 2 aliphatic heterocycles. The van der Waals surface area contributed by atoms with Crippen LogP contribution in [-0.4, -0.2) is 60.4 Å². The number of ether oxygens (including phenoxy) is 1. The van der Waals surface area contributed by atoms with Crippen LogP contribution in [0.2, 0.25) is 0 Å². The molecule has 2 aromatic heterocycles. The Morgan fingerprint density at radius 2 is 2.18 bits per heavy atom. The first-order valence-corrected chi connectivity index (χ1v) is 9.55. The zero-order valence-corrected chi connectivity index (χ0v) is 15.6. The number of nitriles is 1. The smallest absolute Gasteiger partial charge is 0.263 e. The number of morpholine rings is 1. The largest absolute Gasteiger partial charge is 0.378 e. The van der Waals surface area contributed by atoms with Gasteiger partial charge in [0.25, 0.3) is 5.56 Å². The molecule has 0 aliphatic carbocycles. The third-order valence-corrected chi connectivity index (χ3v) is 5.00. The van der Waals surface area contributed by atoms with Gasteiger partial charge in [-0.2, -0.15) is 10.2 Å². The van der Waals surface area contributed by atoms with E-state index in [1.807, 2.05) is 11.0 Å². The third kappa shape index (κ3) is 3.98. The number of nitrogens with zero attached hydrogens (tertiary/aromatic N) is 4. The maximum atomic E-state index is 13.0. The Morgan fingerprint density at radius 3 is 2.86 bits per heavy atom. The summed E-state index contributed by atoms with van der Waals surface area (Å²) in [5.74, 6) is 1.06. The highest BCUT2D eigenvalue weighted by Crippen LogP contribution is 2.24. The summed E-state index contributed by atoms with van der Waals surface area (Å²) in [6, 6.07) is 5.58. The van der Waals surface area contributed by atoms with E-state index in [0.29, 0.717) is 54.9 Å². The summed E-state index contributed by atoms with van der Waals surface area (Å²) in [7, 11) is 0. The molecule has 0 bridgehead atoms. The Balaban J connectivity index is 1.73. The predicted octanol–water partition coefficient (Wildman–Crippen LogP) is 0.704. The van der Waals surface area contributed by atoms with Gasteiger partial charge in [-0.05, 0) is 31.5 Å². The number of nitrogens with one attached hydrogen (secondary N) is 3. The second kappa shape index (κ2) is 8.37. The van der Waals surface area contributed by atoms with E-state index in [4.69, 9.17) is 15.0 Å². The monoisotopic (exact) mass is 381 g/mol. The molecular weight excluding hydrogens is 358 g/mol. The van der Waals surface area contributed by atoms with Crippen LogP contribution in [0.15, 0.2) is 23.1 Å². The van der Waals surface area contributed by atoms with E-state index in [1.165, 1.54) is 6.20 Å². The summed E-state index contributed by atoms with van der Waals surface area (Å²) in [5, 5.41) is 15.8. The van der Waals surface area contributed by atoms with Gasteiger partial charge in [0.1, 0.15) is 17.5 Å². The fourth-order valence-electron chi connectivity index (χ4n) is 3.50. The number of aromatic nitrogens is 3. The molecule has 1 unspecified atom stereocenters. The SMILES string of the molecule is N#Cc1ccc(-c2c(NC3CCCNC3)nc(N3CCOCC3)[nH]c2=O)nc1. The lowest BCUT2D eigenvalue weighted by molar-refractivity contribution is 0.122. The summed E-state index contributed by atoms with van der Waals surface area (Å²) in [5.41, 5.74) is 1.09. The second-order valence-corrected chi connectivity index (χ2v) is 6.94. The second-order valence-electron chi connectivity index (χ2n) is 6.94. The number of aromatic amines is 1. The van der Waals surface area contributed by atoms with Crippen LogP contribution in [-0.2, 0) is 4.74 Å². The van der Waals surface area contributed by atoms with Crippen molar-refractivity contribution < 1.29 is 4.74 Å². The number of rotatable bonds is 4. The molecular formula is C19H23N7O2. The lowest BCUT2D eigenvalue weighted by Crippen LogP contribution is -2.40. The van der Waals surface area contributed by atoms with Crippen LogP contribution in [0, 0.1) is 11.3 Å². The maximum Gasteiger partial charge on any atom is 0.263 e. The van der Waals surface area contributed by atoms with Crippen LogP contribution < -0.4 is 21.1 Å². The molecule has 146 valence electrons. The molecule has 3 N–H and O–H groups in total. The van der Waals surface area contributed by atoms with Gasteiger partial charge in [0.15, 0.2) is 0 Å². The van der Waals surface area contributed by atoms with Crippen LogP contribution in [0.3, 0.4) is 0 Å². The van der Waals surface area contributed by atoms with Crippen molar-refractivity contribution in [3.63, 3.8) is 0 Å². The number of anilines is 2. The molecule has 2 aromatic rings. The minimum absolute atomic E-state index is 0.192. The zero-order chi connectivity index (χ0) is 19.3. The third-order valence-electron chi connectivity index (χ3n) is 5.00. The Labute approximate surface area is 162 Å². The van der Waals surface area contributed by atoms with Crippen molar-refractivity contribution in [3.05, 3.63) is 34.2 Å². The molecule has 2 aliphatic rings. The van der Waals surface area contributed by atoms with E-state index in [0.717, 1.165) is 25.9 Å². The summed E-state index contributed by atoms with van der Waals surface area (Å²) in [4.78, 5) is 26.9.